The fraction of sp³-hybridized carbons (Fsp3) is 0.333. The van der Waals surface area contributed by atoms with E-state index in [1.807, 2.05) is 48.3 Å². The predicted molar refractivity (Wildman–Crippen MR) is 126 cm³/mol. The zero-order valence-electron chi connectivity index (χ0n) is 16.5. The summed E-state index contributed by atoms with van der Waals surface area (Å²) >= 11 is 6.76. The van der Waals surface area contributed by atoms with Crippen LogP contribution >= 0.6 is 39.5 Å². The van der Waals surface area contributed by atoms with Crippen molar-refractivity contribution in [3.05, 3.63) is 52.5 Å². The Labute approximate surface area is 192 Å². The lowest BCUT2D eigenvalue weighted by Gasteiger charge is -2.27. The number of halogens is 1. The van der Waals surface area contributed by atoms with Gasteiger partial charge in [0.15, 0.2) is 0 Å². The van der Waals surface area contributed by atoms with Crippen LogP contribution in [0.3, 0.4) is 0 Å². The lowest BCUT2D eigenvalue weighted by molar-refractivity contribution is -0.132. The Kier molecular flexibility index (Phi) is 6.92. The molecule has 2 aliphatic rings. The summed E-state index contributed by atoms with van der Waals surface area (Å²) in [6.45, 7) is 2.59. The van der Waals surface area contributed by atoms with Gasteiger partial charge in [0, 0.05) is 35.2 Å². The van der Waals surface area contributed by atoms with Crippen LogP contribution in [0, 0.1) is 0 Å². The third kappa shape index (κ3) is 4.80. The molecule has 2 amide bonds. The summed E-state index contributed by atoms with van der Waals surface area (Å²) in [5.74, 6) is 0.456. The van der Waals surface area contributed by atoms with Crippen molar-refractivity contribution in [2.24, 2.45) is 0 Å². The zero-order valence-corrected chi connectivity index (χ0v) is 19.7. The van der Waals surface area contributed by atoms with Gasteiger partial charge in [-0.05, 0) is 46.3 Å². The number of amides is 2. The van der Waals surface area contributed by atoms with Gasteiger partial charge in [-0.25, -0.2) is 0 Å². The summed E-state index contributed by atoms with van der Waals surface area (Å²) < 4.78 is 6.20. The Morgan fingerprint density at radius 2 is 2.00 bits per heavy atom. The number of benzene rings is 2. The summed E-state index contributed by atoms with van der Waals surface area (Å²) in [5, 5.41) is 2.97. The highest BCUT2D eigenvalue weighted by Crippen LogP contribution is 2.47. The van der Waals surface area contributed by atoms with Gasteiger partial charge >= 0.3 is 0 Å². The molecule has 2 aromatic carbocycles. The highest BCUT2D eigenvalue weighted by atomic mass is 79.9. The molecule has 30 heavy (non-hydrogen) atoms. The standard InChI is InChI=1S/C21H22BrN3O3S2/c1-24-17-7-6-14(23-20(27)15-4-2-3-5-16(15)22)12-18(17)30-21(24)29-13-19(26)25-8-10-28-11-9-25/h2-7,12,21H,8-11,13H2,1H3,(H,23,27). The van der Waals surface area contributed by atoms with E-state index in [1.165, 1.54) is 0 Å². The average Bonchev–Trinajstić information content (AvgIpc) is 3.07. The van der Waals surface area contributed by atoms with Gasteiger partial charge in [-0.15, -0.1) is 11.8 Å². The Hall–Kier alpha value is -1.68. The van der Waals surface area contributed by atoms with Gasteiger partial charge in [0.05, 0.1) is 30.2 Å². The van der Waals surface area contributed by atoms with Gasteiger partial charge in [0.25, 0.3) is 5.91 Å². The second-order valence-corrected chi connectivity index (χ2v) is 10.3. The van der Waals surface area contributed by atoms with Gasteiger partial charge in [0.2, 0.25) is 5.91 Å². The van der Waals surface area contributed by atoms with Crippen LogP contribution in [0.2, 0.25) is 0 Å². The van der Waals surface area contributed by atoms with Crippen LogP contribution < -0.4 is 10.2 Å². The van der Waals surface area contributed by atoms with E-state index in [0.29, 0.717) is 37.6 Å². The van der Waals surface area contributed by atoms with Crippen molar-refractivity contribution in [3.8, 4) is 0 Å². The second-order valence-electron chi connectivity index (χ2n) is 6.96. The molecule has 0 bridgehead atoms. The maximum atomic E-state index is 12.6. The number of nitrogens with one attached hydrogen (secondary N) is 1. The van der Waals surface area contributed by atoms with Crippen molar-refractivity contribution in [3.63, 3.8) is 0 Å². The molecule has 1 unspecified atom stereocenters. The third-order valence-electron chi connectivity index (χ3n) is 4.97. The molecule has 0 spiro atoms. The van der Waals surface area contributed by atoms with Crippen LogP contribution in [0.1, 0.15) is 10.4 Å². The highest BCUT2D eigenvalue weighted by Gasteiger charge is 2.29. The largest absolute Gasteiger partial charge is 0.378 e. The molecule has 0 aliphatic carbocycles. The van der Waals surface area contributed by atoms with Crippen molar-refractivity contribution < 1.29 is 14.3 Å². The molecule has 4 rings (SSSR count). The Morgan fingerprint density at radius 1 is 1.23 bits per heavy atom. The van der Waals surface area contributed by atoms with Crippen LogP contribution in [-0.2, 0) is 9.53 Å². The minimum Gasteiger partial charge on any atom is -0.378 e. The molecule has 1 atom stereocenters. The predicted octanol–water partition coefficient (Wildman–Crippen LogP) is 4.12. The SMILES string of the molecule is CN1c2ccc(NC(=O)c3ccccc3Br)cc2SC1SCC(=O)N1CCOCC1. The van der Waals surface area contributed by atoms with E-state index in [0.717, 1.165) is 20.7 Å². The minimum atomic E-state index is -0.152. The molecule has 2 aromatic rings. The maximum Gasteiger partial charge on any atom is 0.256 e. The third-order valence-corrected chi connectivity index (χ3v) is 8.48. The number of ether oxygens (including phenoxy) is 1. The first-order valence-electron chi connectivity index (χ1n) is 9.59. The van der Waals surface area contributed by atoms with Gasteiger partial charge in [-0.3, -0.25) is 9.59 Å². The molecule has 1 fully saturated rings. The molecule has 0 radical (unpaired) electrons. The van der Waals surface area contributed by atoms with E-state index < -0.39 is 0 Å². The molecule has 6 nitrogen and oxygen atoms in total. The first-order valence-corrected chi connectivity index (χ1v) is 12.3. The van der Waals surface area contributed by atoms with E-state index in [9.17, 15) is 9.59 Å². The van der Waals surface area contributed by atoms with Crippen LogP contribution in [0.5, 0.6) is 0 Å². The first kappa shape index (κ1) is 21.5. The molecule has 0 saturated carbocycles. The van der Waals surface area contributed by atoms with Crippen LogP contribution in [0.15, 0.2) is 51.8 Å². The number of rotatable bonds is 5. The fourth-order valence-corrected chi connectivity index (χ4v) is 6.39. The zero-order chi connectivity index (χ0) is 21.1. The smallest absolute Gasteiger partial charge is 0.256 e. The number of carbonyl (C=O) groups is 2. The van der Waals surface area contributed by atoms with Crippen LogP contribution in [-0.4, -0.2) is 60.5 Å². The number of anilines is 2. The molecular weight excluding hydrogens is 486 g/mol. The first-order chi connectivity index (χ1) is 14.5. The summed E-state index contributed by atoms with van der Waals surface area (Å²) in [7, 11) is 2.04. The number of morpholine rings is 1. The van der Waals surface area contributed by atoms with E-state index in [2.05, 4.69) is 26.1 Å². The fourth-order valence-electron chi connectivity index (χ4n) is 3.32. The quantitative estimate of drug-likeness (QED) is 0.656. The number of hydrogen-bond donors (Lipinski definition) is 1. The Morgan fingerprint density at radius 3 is 2.77 bits per heavy atom. The van der Waals surface area contributed by atoms with Crippen molar-refractivity contribution in [2.75, 3.05) is 49.3 Å². The van der Waals surface area contributed by atoms with Crippen LogP contribution in [0.25, 0.3) is 0 Å². The number of carbonyl (C=O) groups excluding carboxylic acids is 2. The van der Waals surface area contributed by atoms with Crippen molar-refractivity contribution >= 4 is 62.6 Å². The van der Waals surface area contributed by atoms with E-state index in [-0.39, 0.29) is 16.5 Å². The van der Waals surface area contributed by atoms with E-state index >= 15 is 0 Å². The monoisotopic (exact) mass is 507 g/mol. The summed E-state index contributed by atoms with van der Waals surface area (Å²) in [6, 6.07) is 13.3. The van der Waals surface area contributed by atoms with Crippen molar-refractivity contribution in [2.45, 2.75) is 9.60 Å². The second kappa shape index (κ2) is 9.64. The Bertz CT molecular complexity index is 953. The highest BCUT2D eigenvalue weighted by molar-refractivity contribution is 9.10. The molecule has 9 heteroatoms. The molecule has 1 saturated heterocycles. The number of nitrogens with zero attached hydrogens (tertiary/aromatic N) is 2. The topological polar surface area (TPSA) is 61.9 Å². The van der Waals surface area contributed by atoms with Crippen molar-refractivity contribution in [1.29, 1.82) is 0 Å². The van der Waals surface area contributed by atoms with Gasteiger partial charge in [-0.2, -0.15) is 0 Å². The van der Waals surface area contributed by atoms with Crippen molar-refractivity contribution in [1.82, 2.24) is 4.90 Å². The summed E-state index contributed by atoms with van der Waals surface area (Å²) in [5.41, 5.74) is 2.46. The molecule has 2 aliphatic heterocycles. The lowest BCUT2D eigenvalue weighted by Crippen LogP contribution is -2.42. The summed E-state index contributed by atoms with van der Waals surface area (Å²) in [6.07, 6.45) is 0. The van der Waals surface area contributed by atoms with E-state index in [1.54, 1.807) is 29.6 Å². The van der Waals surface area contributed by atoms with Gasteiger partial charge in [-0.1, -0.05) is 23.9 Å². The molecular formula is C21H22BrN3O3S2. The average molecular weight is 508 g/mol. The van der Waals surface area contributed by atoms with E-state index in [4.69, 9.17) is 4.74 Å². The summed E-state index contributed by atoms with van der Waals surface area (Å²) in [4.78, 5) is 30.2. The maximum absolute atomic E-state index is 12.6. The molecule has 158 valence electrons. The number of fused-ring (bicyclic) bond motifs is 1. The lowest BCUT2D eigenvalue weighted by atomic mass is 10.2. The minimum absolute atomic E-state index is 0.124. The van der Waals surface area contributed by atoms with Crippen LogP contribution in [0.4, 0.5) is 11.4 Å². The molecule has 0 aromatic heterocycles. The molecule has 2 heterocycles. The number of thioether (sulfide) groups is 2. The van der Waals surface area contributed by atoms with Gasteiger partial charge < -0.3 is 19.9 Å². The number of hydrogen-bond acceptors (Lipinski definition) is 6. The Balaban J connectivity index is 1.37. The van der Waals surface area contributed by atoms with Gasteiger partial charge in [0.1, 0.15) is 4.71 Å². The normalized spacial score (nSPS) is 18.3. The molecule has 1 N–H and O–H groups in total.